The molecule has 0 radical (unpaired) electrons. The first-order chi connectivity index (χ1) is 12.2. The number of pyridine rings is 1. The van der Waals surface area contributed by atoms with Crippen molar-refractivity contribution in [3.05, 3.63) is 30.1 Å². The van der Waals surface area contributed by atoms with E-state index in [0.717, 1.165) is 63.6 Å². The van der Waals surface area contributed by atoms with Gasteiger partial charge in [-0.3, -0.25) is 14.7 Å². The van der Waals surface area contributed by atoms with Gasteiger partial charge in [-0.2, -0.15) is 0 Å². The Bertz CT molecular complexity index is 528. The van der Waals surface area contributed by atoms with Crippen molar-refractivity contribution in [1.29, 1.82) is 0 Å². The number of carbonyl (C=O) groups excluding carboxylic acids is 1. The lowest BCUT2D eigenvalue weighted by molar-refractivity contribution is -0.123. The zero-order valence-corrected chi connectivity index (χ0v) is 15.5. The Morgan fingerprint density at radius 2 is 2.00 bits per heavy atom. The van der Waals surface area contributed by atoms with Crippen LogP contribution >= 0.6 is 0 Å². The summed E-state index contributed by atoms with van der Waals surface area (Å²) < 4.78 is 0. The lowest BCUT2D eigenvalue weighted by Gasteiger charge is -2.35. The molecule has 3 rings (SSSR count). The number of piperazine rings is 1. The van der Waals surface area contributed by atoms with E-state index in [9.17, 15) is 4.79 Å². The summed E-state index contributed by atoms with van der Waals surface area (Å²) in [6.07, 6.45) is 7.72. The zero-order chi connectivity index (χ0) is 17.5. The maximum absolute atomic E-state index is 12.3. The van der Waals surface area contributed by atoms with Crippen LogP contribution in [0.3, 0.4) is 0 Å². The monoisotopic (exact) mass is 344 g/mol. The highest BCUT2D eigenvalue weighted by Gasteiger charge is 2.23. The first-order valence-electron chi connectivity index (χ1n) is 9.83. The van der Waals surface area contributed by atoms with Gasteiger partial charge in [0, 0.05) is 57.1 Å². The molecule has 138 valence electrons. The molecule has 1 saturated heterocycles. The average molecular weight is 345 g/mol. The van der Waals surface area contributed by atoms with Crippen LogP contribution in [0.4, 0.5) is 0 Å². The predicted molar refractivity (Wildman–Crippen MR) is 100 cm³/mol. The fourth-order valence-electron chi connectivity index (χ4n) is 4.03. The van der Waals surface area contributed by atoms with Crippen molar-refractivity contribution in [3.63, 3.8) is 0 Å². The van der Waals surface area contributed by atoms with Crippen LogP contribution in [0.5, 0.6) is 0 Å². The summed E-state index contributed by atoms with van der Waals surface area (Å²) in [5, 5.41) is 3.25. The molecule has 1 aromatic rings. The zero-order valence-electron chi connectivity index (χ0n) is 15.5. The summed E-state index contributed by atoms with van der Waals surface area (Å²) in [6, 6.07) is 6.50. The lowest BCUT2D eigenvalue weighted by Crippen LogP contribution is -2.51. The van der Waals surface area contributed by atoms with Crippen molar-refractivity contribution in [2.75, 3.05) is 39.3 Å². The number of nitrogens with one attached hydrogen (secondary N) is 1. The molecular formula is C20H32N4O. The molecule has 2 heterocycles. The third kappa shape index (κ3) is 6.08. The molecule has 1 amide bonds. The molecule has 0 spiro atoms. The molecule has 2 atom stereocenters. The minimum atomic E-state index is 0.209. The molecule has 1 saturated carbocycles. The number of hydrogen-bond donors (Lipinski definition) is 1. The third-order valence-electron chi connectivity index (χ3n) is 5.54. The Morgan fingerprint density at radius 3 is 2.72 bits per heavy atom. The molecule has 1 aromatic heterocycles. The topological polar surface area (TPSA) is 48.5 Å². The fraction of sp³-hybridized carbons (Fsp3) is 0.700. The van der Waals surface area contributed by atoms with E-state index >= 15 is 0 Å². The van der Waals surface area contributed by atoms with E-state index in [0.29, 0.717) is 12.6 Å². The Hall–Kier alpha value is -1.46. The smallest absolute Gasteiger partial charge is 0.234 e. The average Bonchev–Trinajstić information content (AvgIpc) is 2.62. The quantitative estimate of drug-likeness (QED) is 0.857. The SMILES string of the molecule is C[C@@H]1CCC[C@@H](NC(=O)CN2CCN(CCc3ccccn3)CC2)C1. The first kappa shape index (κ1) is 18.3. The molecule has 1 aliphatic carbocycles. The second-order valence-corrected chi connectivity index (χ2v) is 7.73. The summed E-state index contributed by atoms with van der Waals surface area (Å²) in [4.78, 5) is 21.5. The van der Waals surface area contributed by atoms with Gasteiger partial charge >= 0.3 is 0 Å². The number of amides is 1. The van der Waals surface area contributed by atoms with Crippen LogP contribution in [0.25, 0.3) is 0 Å². The molecule has 2 fully saturated rings. The number of rotatable bonds is 6. The molecule has 5 heteroatoms. The Labute approximate surface area is 151 Å². The number of nitrogens with zero attached hydrogens (tertiary/aromatic N) is 3. The Kier molecular flexibility index (Phi) is 6.82. The van der Waals surface area contributed by atoms with Gasteiger partial charge in [-0.25, -0.2) is 0 Å². The summed E-state index contributed by atoms with van der Waals surface area (Å²) in [5.41, 5.74) is 1.16. The maximum Gasteiger partial charge on any atom is 0.234 e. The van der Waals surface area contributed by atoms with Crippen molar-refractivity contribution in [2.45, 2.75) is 45.1 Å². The maximum atomic E-state index is 12.3. The summed E-state index contributed by atoms with van der Waals surface area (Å²) in [6.45, 7) is 7.95. The molecule has 1 N–H and O–H groups in total. The van der Waals surface area contributed by atoms with Crippen LogP contribution in [0.2, 0.25) is 0 Å². The molecule has 2 aliphatic rings. The molecule has 25 heavy (non-hydrogen) atoms. The Balaban J connectivity index is 1.32. The van der Waals surface area contributed by atoms with Gasteiger partial charge < -0.3 is 10.2 Å². The number of aromatic nitrogens is 1. The van der Waals surface area contributed by atoms with Gasteiger partial charge in [0.1, 0.15) is 0 Å². The fourth-order valence-corrected chi connectivity index (χ4v) is 4.03. The van der Waals surface area contributed by atoms with E-state index in [1.165, 1.54) is 12.8 Å². The van der Waals surface area contributed by atoms with Crippen molar-refractivity contribution < 1.29 is 4.79 Å². The molecule has 0 aromatic carbocycles. The molecule has 5 nitrogen and oxygen atoms in total. The van der Waals surface area contributed by atoms with E-state index in [4.69, 9.17) is 0 Å². The number of carbonyl (C=O) groups is 1. The van der Waals surface area contributed by atoms with E-state index in [-0.39, 0.29) is 5.91 Å². The van der Waals surface area contributed by atoms with Gasteiger partial charge in [0.05, 0.1) is 6.54 Å². The van der Waals surface area contributed by atoms with E-state index < -0.39 is 0 Å². The number of hydrogen-bond acceptors (Lipinski definition) is 4. The van der Waals surface area contributed by atoms with Gasteiger partial charge in [0.25, 0.3) is 0 Å². The molecular weight excluding hydrogens is 312 g/mol. The van der Waals surface area contributed by atoms with Crippen LogP contribution in [0.1, 0.15) is 38.3 Å². The van der Waals surface area contributed by atoms with Crippen LogP contribution < -0.4 is 5.32 Å². The highest BCUT2D eigenvalue weighted by atomic mass is 16.2. The van der Waals surface area contributed by atoms with Gasteiger partial charge in [-0.05, 0) is 30.9 Å². The van der Waals surface area contributed by atoms with Gasteiger partial charge in [0.15, 0.2) is 0 Å². The van der Waals surface area contributed by atoms with E-state index in [1.54, 1.807) is 0 Å². The predicted octanol–water partition coefficient (Wildman–Crippen LogP) is 1.94. The van der Waals surface area contributed by atoms with Crippen LogP contribution in [0, 0.1) is 5.92 Å². The highest BCUT2D eigenvalue weighted by Crippen LogP contribution is 2.23. The van der Waals surface area contributed by atoms with Crippen molar-refractivity contribution in [2.24, 2.45) is 5.92 Å². The molecule has 0 bridgehead atoms. The largest absolute Gasteiger partial charge is 0.352 e. The summed E-state index contributed by atoms with van der Waals surface area (Å²) >= 11 is 0. The minimum absolute atomic E-state index is 0.209. The van der Waals surface area contributed by atoms with E-state index in [1.807, 2.05) is 18.3 Å². The molecule has 1 aliphatic heterocycles. The van der Waals surface area contributed by atoms with E-state index in [2.05, 4.69) is 33.1 Å². The van der Waals surface area contributed by atoms with Crippen LogP contribution in [0.15, 0.2) is 24.4 Å². The van der Waals surface area contributed by atoms with Gasteiger partial charge in [0.2, 0.25) is 5.91 Å². The highest BCUT2D eigenvalue weighted by molar-refractivity contribution is 5.78. The second kappa shape index (κ2) is 9.30. The van der Waals surface area contributed by atoms with Crippen molar-refractivity contribution in [3.8, 4) is 0 Å². The van der Waals surface area contributed by atoms with Gasteiger partial charge in [-0.15, -0.1) is 0 Å². The van der Waals surface area contributed by atoms with Gasteiger partial charge in [-0.1, -0.05) is 25.8 Å². The summed E-state index contributed by atoms with van der Waals surface area (Å²) in [5.74, 6) is 0.961. The first-order valence-corrected chi connectivity index (χ1v) is 9.83. The Morgan fingerprint density at radius 1 is 1.20 bits per heavy atom. The standard InChI is InChI=1S/C20H32N4O/c1-17-5-4-7-19(15-17)22-20(25)16-24-13-11-23(12-14-24)10-8-18-6-2-3-9-21-18/h2-3,6,9,17,19H,4-5,7-8,10-16H2,1H3,(H,22,25)/t17-,19-/m1/s1. The van der Waals surface area contributed by atoms with Crippen molar-refractivity contribution >= 4 is 5.91 Å². The summed E-state index contributed by atoms with van der Waals surface area (Å²) in [7, 11) is 0. The minimum Gasteiger partial charge on any atom is -0.352 e. The van der Waals surface area contributed by atoms with Crippen molar-refractivity contribution in [1.82, 2.24) is 20.1 Å². The normalized spacial score (nSPS) is 25.6. The third-order valence-corrected chi connectivity index (χ3v) is 5.54. The van der Waals surface area contributed by atoms with Crippen LogP contribution in [-0.4, -0.2) is 66.0 Å². The second-order valence-electron chi connectivity index (χ2n) is 7.73. The lowest BCUT2D eigenvalue weighted by atomic mass is 9.87. The van der Waals surface area contributed by atoms with Crippen LogP contribution in [-0.2, 0) is 11.2 Å². The molecule has 0 unspecified atom stereocenters.